The SMILES string of the molecule is Cc1ccc2[nH]c3c(c2c1)C[C@@H](N)C3. The van der Waals surface area contributed by atoms with Crippen molar-refractivity contribution in [2.24, 2.45) is 5.73 Å². The number of aromatic nitrogens is 1. The van der Waals surface area contributed by atoms with Crippen LogP contribution in [0.15, 0.2) is 18.2 Å². The molecular weight excluding hydrogens is 172 g/mol. The van der Waals surface area contributed by atoms with Gasteiger partial charge in [-0.05, 0) is 31.0 Å². The van der Waals surface area contributed by atoms with E-state index >= 15 is 0 Å². The molecule has 0 saturated carbocycles. The van der Waals surface area contributed by atoms with Gasteiger partial charge >= 0.3 is 0 Å². The largest absolute Gasteiger partial charge is 0.358 e. The van der Waals surface area contributed by atoms with Crippen molar-refractivity contribution < 1.29 is 0 Å². The minimum absolute atomic E-state index is 0.321. The molecule has 72 valence electrons. The lowest BCUT2D eigenvalue weighted by Gasteiger charge is -2.00. The first-order chi connectivity index (χ1) is 6.74. The van der Waals surface area contributed by atoms with Crippen LogP contribution in [0.2, 0.25) is 0 Å². The lowest BCUT2D eigenvalue weighted by Crippen LogP contribution is -2.19. The van der Waals surface area contributed by atoms with Crippen LogP contribution in [0.5, 0.6) is 0 Å². The molecule has 0 amide bonds. The quantitative estimate of drug-likeness (QED) is 0.648. The summed E-state index contributed by atoms with van der Waals surface area (Å²) in [5, 5.41) is 1.37. The van der Waals surface area contributed by atoms with E-state index in [1.807, 2.05) is 0 Å². The monoisotopic (exact) mass is 186 g/mol. The Morgan fingerprint density at radius 1 is 1.36 bits per heavy atom. The standard InChI is InChI=1S/C12H14N2/c1-7-2-3-11-9(4-7)10-5-8(13)6-12(10)14-11/h2-4,8,14H,5-6,13H2,1H3/t8-/m1/s1. The fraction of sp³-hybridized carbons (Fsp3) is 0.333. The van der Waals surface area contributed by atoms with E-state index in [1.165, 1.54) is 27.7 Å². The van der Waals surface area contributed by atoms with E-state index in [0.717, 1.165) is 12.8 Å². The molecular formula is C12H14N2. The Morgan fingerprint density at radius 2 is 2.21 bits per heavy atom. The van der Waals surface area contributed by atoms with E-state index in [2.05, 4.69) is 30.1 Å². The second-order valence-corrected chi connectivity index (χ2v) is 4.30. The van der Waals surface area contributed by atoms with Gasteiger partial charge in [-0.1, -0.05) is 11.6 Å². The molecule has 1 aliphatic rings. The zero-order chi connectivity index (χ0) is 9.71. The number of nitrogens with two attached hydrogens (primary N) is 1. The highest BCUT2D eigenvalue weighted by molar-refractivity contribution is 5.86. The molecule has 3 N–H and O–H groups in total. The molecule has 1 aromatic heterocycles. The summed E-state index contributed by atoms with van der Waals surface area (Å²) in [5.74, 6) is 0. The van der Waals surface area contributed by atoms with Gasteiger partial charge in [0.25, 0.3) is 0 Å². The van der Waals surface area contributed by atoms with Crippen LogP contribution in [0.1, 0.15) is 16.8 Å². The fourth-order valence-corrected chi connectivity index (χ4v) is 2.42. The molecule has 2 nitrogen and oxygen atoms in total. The molecule has 2 aromatic rings. The Kier molecular flexibility index (Phi) is 1.50. The summed E-state index contributed by atoms with van der Waals surface area (Å²) in [6, 6.07) is 6.88. The maximum absolute atomic E-state index is 5.94. The minimum Gasteiger partial charge on any atom is -0.358 e. The Balaban J connectivity index is 2.30. The molecule has 0 fully saturated rings. The summed E-state index contributed by atoms with van der Waals surface area (Å²) in [4.78, 5) is 3.45. The average molecular weight is 186 g/mol. The van der Waals surface area contributed by atoms with Crippen molar-refractivity contribution in [1.29, 1.82) is 0 Å². The summed E-state index contributed by atoms with van der Waals surface area (Å²) in [6.07, 6.45) is 2.03. The van der Waals surface area contributed by atoms with Gasteiger partial charge in [-0.2, -0.15) is 0 Å². The van der Waals surface area contributed by atoms with Crippen molar-refractivity contribution in [2.75, 3.05) is 0 Å². The van der Waals surface area contributed by atoms with Gasteiger partial charge in [-0.15, -0.1) is 0 Å². The van der Waals surface area contributed by atoms with Crippen LogP contribution in [0.4, 0.5) is 0 Å². The van der Waals surface area contributed by atoms with Gasteiger partial charge in [0, 0.05) is 29.1 Å². The first-order valence-electron chi connectivity index (χ1n) is 5.09. The maximum atomic E-state index is 5.94. The molecule has 1 heterocycles. The number of nitrogens with one attached hydrogen (secondary N) is 1. The van der Waals surface area contributed by atoms with Crippen molar-refractivity contribution in [2.45, 2.75) is 25.8 Å². The molecule has 0 bridgehead atoms. The van der Waals surface area contributed by atoms with Crippen LogP contribution >= 0.6 is 0 Å². The van der Waals surface area contributed by atoms with E-state index in [0.29, 0.717) is 6.04 Å². The number of hydrogen-bond donors (Lipinski definition) is 2. The van der Waals surface area contributed by atoms with Crippen LogP contribution in [0.25, 0.3) is 10.9 Å². The molecule has 1 aliphatic carbocycles. The Bertz CT molecular complexity index is 496. The first kappa shape index (κ1) is 8.06. The number of fused-ring (bicyclic) bond motifs is 3. The highest BCUT2D eigenvalue weighted by Gasteiger charge is 2.22. The summed E-state index contributed by atoms with van der Waals surface area (Å²) >= 11 is 0. The molecule has 0 radical (unpaired) electrons. The van der Waals surface area contributed by atoms with Crippen LogP contribution in [-0.4, -0.2) is 11.0 Å². The number of H-pyrrole nitrogens is 1. The maximum Gasteiger partial charge on any atom is 0.0459 e. The normalized spacial score (nSPS) is 20.3. The van der Waals surface area contributed by atoms with Crippen LogP contribution in [0.3, 0.4) is 0 Å². The van der Waals surface area contributed by atoms with Crippen molar-refractivity contribution in [3.8, 4) is 0 Å². The van der Waals surface area contributed by atoms with Crippen molar-refractivity contribution in [3.05, 3.63) is 35.0 Å². The predicted octanol–water partition coefficient (Wildman–Crippen LogP) is 1.90. The van der Waals surface area contributed by atoms with Crippen LogP contribution < -0.4 is 5.73 Å². The lowest BCUT2D eigenvalue weighted by molar-refractivity contribution is 0.716. The second kappa shape index (κ2) is 2.61. The number of aryl methyl sites for hydroxylation is 1. The van der Waals surface area contributed by atoms with Crippen molar-refractivity contribution >= 4 is 10.9 Å². The highest BCUT2D eigenvalue weighted by atomic mass is 14.8. The molecule has 0 unspecified atom stereocenters. The summed E-state index contributed by atoms with van der Waals surface area (Å²) in [6.45, 7) is 2.13. The van der Waals surface area contributed by atoms with Crippen LogP contribution in [-0.2, 0) is 12.8 Å². The molecule has 0 saturated heterocycles. The topological polar surface area (TPSA) is 41.8 Å². The predicted molar refractivity (Wildman–Crippen MR) is 58.4 cm³/mol. The first-order valence-corrected chi connectivity index (χ1v) is 5.09. The van der Waals surface area contributed by atoms with Gasteiger partial charge in [0.15, 0.2) is 0 Å². The second-order valence-electron chi connectivity index (χ2n) is 4.30. The van der Waals surface area contributed by atoms with Gasteiger partial charge in [-0.25, -0.2) is 0 Å². The Morgan fingerprint density at radius 3 is 3.07 bits per heavy atom. The average Bonchev–Trinajstić information content (AvgIpc) is 2.62. The summed E-state index contributed by atoms with van der Waals surface area (Å²) in [5.41, 5.74) is 11.3. The van der Waals surface area contributed by atoms with E-state index in [4.69, 9.17) is 5.73 Å². The Labute approximate surface area is 83.1 Å². The van der Waals surface area contributed by atoms with Gasteiger partial charge in [-0.3, -0.25) is 0 Å². The van der Waals surface area contributed by atoms with Crippen LogP contribution in [0, 0.1) is 6.92 Å². The van der Waals surface area contributed by atoms with Gasteiger partial charge < -0.3 is 10.7 Å². The number of aromatic amines is 1. The van der Waals surface area contributed by atoms with Gasteiger partial charge in [0.1, 0.15) is 0 Å². The van der Waals surface area contributed by atoms with Crippen molar-refractivity contribution in [1.82, 2.24) is 4.98 Å². The number of benzene rings is 1. The molecule has 0 aliphatic heterocycles. The van der Waals surface area contributed by atoms with Crippen molar-refractivity contribution in [3.63, 3.8) is 0 Å². The molecule has 0 spiro atoms. The third kappa shape index (κ3) is 1.01. The number of hydrogen-bond acceptors (Lipinski definition) is 1. The molecule has 1 atom stereocenters. The summed E-state index contributed by atoms with van der Waals surface area (Å²) in [7, 11) is 0. The zero-order valence-corrected chi connectivity index (χ0v) is 8.30. The smallest absolute Gasteiger partial charge is 0.0459 e. The molecule has 14 heavy (non-hydrogen) atoms. The van der Waals surface area contributed by atoms with E-state index in [-0.39, 0.29) is 0 Å². The number of rotatable bonds is 0. The van der Waals surface area contributed by atoms with E-state index in [9.17, 15) is 0 Å². The molecule has 3 rings (SSSR count). The fourth-order valence-electron chi connectivity index (χ4n) is 2.42. The van der Waals surface area contributed by atoms with Gasteiger partial charge in [0.2, 0.25) is 0 Å². The zero-order valence-electron chi connectivity index (χ0n) is 8.30. The molecule has 2 heteroatoms. The molecule has 1 aromatic carbocycles. The van der Waals surface area contributed by atoms with Gasteiger partial charge in [0.05, 0.1) is 0 Å². The third-order valence-corrected chi connectivity index (χ3v) is 3.08. The van der Waals surface area contributed by atoms with E-state index < -0.39 is 0 Å². The Hall–Kier alpha value is -1.28. The highest BCUT2D eigenvalue weighted by Crippen LogP contribution is 2.29. The third-order valence-electron chi connectivity index (χ3n) is 3.08. The summed E-state index contributed by atoms with van der Waals surface area (Å²) < 4.78 is 0. The lowest BCUT2D eigenvalue weighted by atomic mass is 10.1. The minimum atomic E-state index is 0.321. The van der Waals surface area contributed by atoms with E-state index in [1.54, 1.807) is 0 Å².